The molecule has 1 heterocycles. The maximum atomic E-state index is 12.3. The number of nitrogens with one attached hydrogen (secondary N) is 2. The number of aromatic nitrogens is 2. The first-order chi connectivity index (χ1) is 13.7. The molecule has 2 N–H and O–H groups in total. The van der Waals surface area contributed by atoms with Gasteiger partial charge in [-0.3, -0.25) is 4.79 Å². The lowest BCUT2D eigenvalue weighted by Crippen LogP contribution is -2.25. The van der Waals surface area contributed by atoms with Gasteiger partial charge in [0.2, 0.25) is 5.95 Å². The van der Waals surface area contributed by atoms with E-state index < -0.39 is 0 Å². The Labute approximate surface area is 165 Å². The minimum atomic E-state index is -0.162. The fourth-order valence-corrected chi connectivity index (χ4v) is 3.10. The molecule has 1 aromatic carbocycles. The maximum Gasteiger partial charge on any atom is 0.254 e. The van der Waals surface area contributed by atoms with Crippen LogP contribution in [0.1, 0.15) is 42.5 Å². The monoisotopic (exact) mass is 382 g/mol. The molecule has 1 aliphatic carbocycles. The quantitative estimate of drug-likeness (QED) is 0.675. The molecule has 1 aliphatic rings. The summed E-state index contributed by atoms with van der Waals surface area (Å²) in [7, 11) is 3.18. The third-order valence-corrected chi connectivity index (χ3v) is 4.69. The minimum Gasteiger partial charge on any atom is -0.497 e. The zero-order chi connectivity index (χ0) is 19.8. The molecule has 0 saturated heterocycles. The molecule has 0 aliphatic heterocycles. The molecule has 0 fully saturated rings. The van der Waals surface area contributed by atoms with Gasteiger partial charge in [-0.2, -0.15) is 0 Å². The van der Waals surface area contributed by atoms with Crippen molar-refractivity contribution in [1.29, 1.82) is 0 Å². The minimum absolute atomic E-state index is 0.162. The van der Waals surface area contributed by atoms with E-state index in [2.05, 4.69) is 26.7 Å². The molecule has 148 valence electrons. The van der Waals surface area contributed by atoms with Gasteiger partial charge in [-0.15, -0.1) is 0 Å². The number of methoxy groups -OCH3 is 2. The predicted octanol–water partition coefficient (Wildman–Crippen LogP) is 3.86. The van der Waals surface area contributed by atoms with Crippen molar-refractivity contribution in [2.45, 2.75) is 32.1 Å². The van der Waals surface area contributed by atoms with Gasteiger partial charge in [0.05, 0.1) is 25.5 Å². The van der Waals surface area contributed by atoms with E-state index in [9.17, 15) is 4.79 Å². The molecule has 28 heavy (non-hydrogen) atoms. The number of rotatable bonds is 8. The molecule has 3 rings (SSSR count). The van der Waals surface area contributed by atoms with E-state index in [1.54, 1.807) is 20.3 Å². The number of hydrogen-bond donors (Lipinski definition) is 2. The van der Waals surface area contributed by atoms with E-state index in [0.29, 0.717) is 35.2 Å². The van der Waals surface area contributed by atoms with Crippen molar-refractivity contribution in [3.63, 3.8) is 0 Å². The zero-order valence-corrected chi connectivity index (χ0v) is 16.3. The molecular formula is C21H26N4O3. The maximum absolute atomic E-state index is 12.3. The molecule has 0 spiro atoms. The van der Waals surface area contributed by atoms with Crippen LogP contribution in [0.15, 0.2) is 42.2 Å². The zero-order valence-electron chi connectivity index (χ0n) is 16.3. The second-order valence-corrected chi connectivity index (χ2v) is 6.60. The number of allylic oxidation sites excluding steroid dienone is 1. The fourth-order valence-electron chi connectivity index (χ4n) is 3.10. The standard InChI is InChI=1S/C21H26N4O3/c1-27-17-8-9-18(19(12-17)28-2)25-21-23-13-16(14-24-21)20(26)22-11-10-15-6-4-3-5-7-15/h6,8-9,12-14H,3-5,7,10-11H2,1-2H3,(H,22,26)(H,23,24,25). The van der Waals surface area contributed by atoms with Gasteiger partial charge in [0, 0.05) is 25.0 Å². The van der Waals surface area contributed by atoms with Crippen LogP contribution in [0.2, 0.25) is 0 Å². The first-order valence-corrected chi connectivity index (χ1v) is 9.47. The summed E-state index contributed by atoms with van der Waals surface area (Å²) in [6.07, 6.45) is 11.1. The number of anilines is 2. The Morgan fingerprint density at radius 2 is 1.96 bits per heavy atom. The van der Waals surface area contributed by atoms with Gasteiger partial charge in [0.1, 0.15) is 11.5 Å². The Balaban J connectivity index is 1.55. The normalized spacial score (nSPS) is 13.4. The summed E-state index contributed by atoms with van der Waals surface area (Å²) in [5.41, 5.74) is 2.59. The van der Waals surface area contributed by atoms with Crippen molar-refractivity contribution in [2.75, 3.05) is 26.1 Å². The number of benzene rings is 1. The SMILES string of the molecule is COc1ccc(Nc2ncc(C(=O)NCCC3=CCCCC3)cn2)c(OC)c1. The van der Waals surface area contributed by atoms with E-state index >= 15 is 0 Å². The molecule has 1 aromatic heterocycles. The highest BCUT2D eigenvalue weighted by molar-refractivity contribution is 5.93. The predicted molar refractivity (Wildman–Crippen MR) is 108 cm³/mol. The van der Waals surface area contributed by atoms with Gasteiger partial charge in [0.15, 0.2) is 0 Å². The Bertz CT molecular complexity index is 834. The number of carbonyl (C=O) groups is 1. The van der Waals surface area contributed by atoms with Crippen LogP contribution in [0.4, 0.5) is 11.6 Å². The Kier molecular flexibility index (Phi) is 6.84. The van der Waals surface area contributed by atoms with Crippen molar-refractivity contribution in [3.8, 4) is 11.5 Å². The highest BCUT2D eigenvalue weighted by Gasteiger charge is 2.10. The first-order valence-electron chi connectivity index (χ1n) is 9.47. The summed E-state index contributed by atoms with van der Waals surface area (Å²) in [4.78, 5) is 20.7. The van der Waals surface area contributed by atoms with E-state index in [-0.39, 0.29) is 5.91 Å². The largest absolute Gasteiger partial charge is 0.497 e. The van der Waals surface area contributed by atoms with Crippen LogP contribution in [0.25, 0.3) is 0 Å². The van der Waals surface area contributed by atoms with Gasteiger partial charge >= 0.3 is 0 Å². The lowest BCUT2D eigenvalue weighted by atomic mass is 9.97. The van der Waals surface area contributed by atoms with E-state index in [1.807, 2.05) is 12.1 Å². The number of nitrogens with zero attached hydrogens (tertiary/aromatic N) is 2. The third kappa shape index (κ3) is 5.22. The van der Waals surface area contributed by atoms with Crippen LogP contribution in [0.3, 0.4) is 0 Å². The molecule has 0 radical (unpaired) electrons. The lowest BCUT2D eigenvalue weighted by Gasteiger charge is -2.13. The van der Waals surface area contributed by atoms with Crippen molar-refractivity contribution in [3.05, 3.63) is 47.8 Å². The molecule has 0 atom stereocenters. The van der Waals surface area contributed by atoms with E-state index in [4.69, 9.17) is 9.47 Å². The first kappa shape index (κ1) is 19.7. The summed E-state index contributed by atoms with van der Waals surface area (Å²) in [5.74, 6) is 1.53. The second-order valence-electron chi connectivity index (χ2n) is 6.60. The Morgan fingerprint density at radius 3 is 2.64 bits per heavy atom. The molecule has 7 heteroatoms. The average molecular weight is 382 g/mol. The average Bonchev–Trinajstić information content (AvgIpc) is 2.75. The summed E-state index contributed by atoms with van der Waals surface area (Å²) in [6.45, 7) is 0.633. The van der Waals surface area contributed by atoms with Crippen LogP contribution in [-0.2, 0) is 0 Å². The summed E-state index contributed by atoms with van der Waals surface area (Å²) in [6, 6.07) is 5.40. The van der Waals surface area contributed by atoms with Crippen molar-refractivity contribution < 1.29 is 14.3 Å². The van der Waals surface area contributed by atoms with E-state index in [1.165, 1.54) is 30.8 Å². The molecule has 0 saturated carbocycles. The van der Waals surface area contributed by atoms with E-state index in [0.717, 1.165) is 19.3 Å². The number of ether oxygens (including phenoxy) is 2. The molecule has 0 bridgehead atoms. The topological polar surface area (TPSA) is 85.4 Å². The van der Waals surface area contributed by atoms with Crippen molar-refractivity contribution in [1.82, 2.24) is 15.3 Å². The smallest absolute Gasteiger partial charge is 0.254 e. The number of hydrogen-bond acceptors (Lipinski definition) is 6. The van der Waals surface area contributed by atoms with Gasteiger partial charge < -0.3 is 20.1 Å². The van der Waals surface area contributed by atoms with Gasteiger partial charge in [-0.05, 0) is 44.2 Å². The van der Waals surface area contributed by atoms with Crippen LogP contribution >= 0.6 is 0 Å². The molecule has 1 amide bonds. The molecular weight excluding hydrogens is 356 g/mol. The number of carbonyl (C=O) groups excluding carboxylic acids is 1. The van der Waals surface area contributed by atoms with Crippen LogP contribution < -0.4 is 20.1 Å². The van der Waals surface area contributed by atoms with Crippen LogP contribution in [-0.4, -0.2) is 36.6 Å². The molecule has 2 aromatic rings. The van der Waals surface area contributed by atoms with Crippen LogP contribution in [0, 0.1) is 0 Å². The number of amides is 1. The third-order valence-electron chi connectivity index (χ3n) is 4.69. The Hall–Kier alpha value is -3.09. The van der Waals surface area contributed by atoms with Crippen molar-refractivity contribution >= 4 is 17.5 Å². The highest BCUT2D eigenvalue weighted by atomic mass is 16.5. The fraction of sp³-hybridized carbons (Fsp3) is 0.381. The molecule has 7 nitrogen and oxygen atoms in total. The Morgan fingerprint density at radius 1 is 1.14 bits per heavy atom. The summed E-state index contributed by atoms with van der Waals surface area (Å²) in [5, 5.41) is 6.02. The summed E-state index contributed by atoms with van der Waals surface area (Å²) >= 11 is 0. The highest BCUT2D eigenvalue weighted by Crippen LogP contribution is 2.30. The van der Waals surface area contributed by atoms with Crippen LogP contribution in [0.5, 0.6) is 11.5 Å². The van der Waals surface area contributed by atoms with Crippen molar-refractivity contribution in [2.24, 2.45) is 0 Å². The van der Waals surface area contributed by atoms with Gasteiger partial charge in [-0.1, -0.05) is 11.6 Å². The van der Waals surface area contributed by atoms with Gasteiger partial charge in [-0.25, -0.2) is 9.97 Å². The molecule has 0 unspecified atom stereocenters. The lowest BCUT2D eigenvalue weighted by molar-refractivity contribution is 0.0953. The second kappa shape index (κ2) is 9.73. The summed E-state index contributed by atoms with van der Waals surface area (Å²) < 4.78 is 10.5. The van der Waals surface area contributed by atoms with Gasteiger partial charge in [0.25, 0.3) is 5.91 Å².